The van der Waals surface area contributed by atoms with E-state index in [-0.39, 0.29) is 53.1 Å². The van der Waals surface area contributed by atoms with Gasteiger partial charge in [-0.25, -0.2) is 4.79 Å². The molecule has 31 heavy (non-hydrogen) atoms. The number of rotatable bonds is 10. The van der Waals surface area contributed by atoms with E-state index >= 15 is 0 Å². The lowest BCUT2D eigenvalue weighted by atomic mass is 9.83. The van der Waals surface area contributed by atoms with Crippen LogP contribution in [0.1, 0.15) is 75.6 Å². The predicted molar refractivity (Wildman–Crippen MR) is 119 cm³/mol. The number of hydrogen-bond acceptors (Lipinski definition) is 6. The molecule has 9 heteroatoms. The Morgan fingerprint density at radius 2 is 1.90 bits per heavy atom. The molecule has 2 rings (SSSR count). The van der Waals surface area contributed by atoms with Crippen LogP contribution in [0.3, 0.4) is 0 Å². The number of amides is 2. The van der Waals surface area contributed by atoms with Gasteiger partial charge in [-0.2, -0.15) is 0 Å². The minimum absolute atomic E-state index is 0.0407. The van der Waals surface area contributed by atoms with Crippen LogP contribution >= 0.6 is 0 Å². The third-order valence-electron chi connectivity index (χ3n) is 6.29. The first-order valence-electron chi connectivity index (χ1n) is 11.1. The summed E-state index contributed by atoms with van der Waals surface area (Å²) in [5.74, 6) is -1.30. The summed E-state index contributed by atoms with van der Waals surface area (Å²) in [6.45, 7) is 4.07. The summed E-state index contributed by atoms with van der Waals surface area (Å²) in [6.07, 6.45) is 9.28. The fourth-order valence-corrected chi connectivity index (χ4v) is 4.01. The number of nitrogens with one attached hydrogen (secondary N) is 2. The zero-order valence-corrected chi connectivity index (χ0v) is 18.4. The number of hydrogen-bond donors (Lipinski definition) is 5. The number of nitrogens with two attached hydrogens (primary N) is 2. The minimum Gasteiger partial charge on any atom is -0.478 e. The van der Waals surface area contributed by atoms with Crippen LogP contribution in [0.15, 0.2) is 12.4 Å². The summed E-state index contributed by atoms with van der Waals surface area (Å²) in [4.78, 5) is 40.2. The van der Waals surface area contributed by atoms with E-state index in [1.165, 1.54) is 12.6 Å². The Morgan fingerprint density at radius 3 is 2.52 bits per heavy atom. The number of nitrogen functional groups attached to an aromatic ring is 1. The number of carbonyl (C=O) groups is 3. The van der Waals surface area contributed by atoms with E-state index in [0.29, 0.717) is 6.42 Å². The topological polar surface area (TPSA) is 160 Å². The molecule has 0 bridgehead atoms. The quantitative estimate of drug-likeness (QED) is 0.379. The highest BCUT2D eigenvalue weighted by Gasteiger charge is 2.29. The van der Waals surface area contributed by atoms with Crippen LogP contribution in [0.2, 0.25) is 0 Å². The molecule has 1 heterocycles. The molecule has 0 aliphatic heterocycles. The van der Waals surface area contributed by atoms with Gasteiger partial charge in [0.2, 0.25) is 11.8 Å². The van der Waals surface area contributed by atoms with Gasteiger partial charge in [-0.1, -0.05) is 39.5 Å². The molecule has 0 radical (unpaired) electrons. The lowest BCUT2D eigenvalue weighted by Crippen LogP contribution is -2.51. The van der Waals surface area contributed by atoms with Crippen LogP contribution in [0.4, 0.5) is 11.4 Å². The summed E-state index contributed by atoms with van der Waals surface area (Å²) in [5.41, 5.74) is 12.0. The second-order valence-electron chi connectivity index (χ2n) is 8.46. The molecule has 2 amide bonds. The third-order valence-corrected chi connectivity index (χ3v) is 6.29. The molecule has 3 atom stereocenters. The molecule has 1 unspecified atom stereocenters. The van der Waals surface area contributed by atoms with E-state index in [2.05, 4.69) is 15.6 Å². The Balaban J connectivity index is 1.95. The van der Waals surface area contributed by atoms with Crippen molar-refractivity contribution in [3.05, 3.63) is 18.0 Å². The first kappa shape index (κ1) is 24.6. The number of carboxylic acids is 1. The van der Waals surface area contributed by atoms with Gasteiger partial charge in [0.15, 0.2) is 0 Å². The Kier molecular flexibility index (Phi) is 9.23. The lowest BCUT2D eigenvalue weighted by molar-refractivity contribution is -0.125. The smallest absolute Gasteiger partial charge is 0.339 e. The zero-order valence-electron chi connectivity index (χ0n) is 18.4. The van der Waals surface area contributed by atoms with Crippen molar-refractivity contribution in [3.8, 4) is 0 Å². The maximum absolute atomic E-state index is 12.7. The van der Waals surface area contributed by atoms with Gasteiger partial charge in [-0.15, -0.1) is 0 Å². The van der Waals surface area contributed by atoms with Crippen molar-refractivity contribution in [2.75, 3.05) is 11.1 Å². The van der Waals surface area contributed by atoms with Gasteiger partial charge >= 0.3 is 5.97 Å². The molecular weight excluding hydrogens is 398 g/mol. The summed E-state index contributed by atoms with van der Waals surface area (Å²) in [7, 11) is 0. The Hall–Kier alpha value is -2.68. The van der Waals surface area contributed by atoms with Crippen LogP contribution in [0, 0.1) is 11.8 Å². The molecule has 1 aliphatic carbocycles. The molecule has 0 aromatic carbocycles. The van der Waals surface area contributed by atoms with Gasteiger partial charge in [0.25, 0.3) is 0 Å². The average molecular weight is 434 g/mol. The number of carbonyl (C=O) groups excluding carboxylic acids is 2. The molecule has 7 N–H and O–H groups in total. The third kappa shape index (κ3) is 6.92. The van der Waals surface area contributed by atoms with E-state index < -0.39 is 12.0 Å². The van der Waals surface area contributed by atoms with Crippen molar-refractivity contribution in [2.45, 2.75) is 77.3 Å². The molecule has 1 saturated carbocycles. The molecule has 0 saturated heterocycles. The van der Waals surface area contributed by atoms with Gasteiger partial charge < -0.3 is 27.2 Å². The van der Waals surface area contributed by atoms with Crippen molar-refractivity contribution in [1.82, 2.24) is 10.3 Å². The first-order valence-corrected chi connectivity index (χ1v) is 11.1. The monoisotopic (exact) mass is 433 g/mol. The summed E-state index contributed by atoms with van der Waals surface area (Å²) >= 11 is 0. The normalized spacial score (nSPS) is 17.4. The first-order chi connectivity index (χ1) is 14.7. The van der Waals surface area contributed by atoms with Crippen LogP contribution < -0.4 is 22.1 Å². The van der Waals surface area contributed by atoms with E-state index in [1.807, 2.05) is 13.8 Å². The van der Waals surface area contributed by atoms with Crippen molar-refractivity contribution >= 4 is 29.2 Å². The summed E-state index contributed by atoms with van der Waals surface area (Å²) in [6, 6.07) is -0.705. The summed E-state index contributed by atoms with van der Waals surface area (Å²) < 4.78 is 0. The molecule has 9 nitrogen and oxygen atoms in total. The van der Waals surface area contributed by atoms with E-state index in [4.69, 9.17) is 16.6 Å². The Bertz CT molecular complexity index is 779. The fraction of sp³-hybridized carbons (Fsp3) is 0.636. The highest BCUT2D eigenvalue weighted by molar-refractivity contribution is 6.00. The van der Waals surface area contributed by atoms with E-state index in [0.717, 1.165) is 38.3 Å². The highest BCUT2D eigenvalue weighted by Crippen LogP contribution is 2.26. The average Bonchev–Trinajstić information content (AvgIpc) is 2.77. The van der Waals surface area contributed by atoms with Gasteiger partial charge in [-0.3, -0.25) is 14.6 Å². The van der Waals surface area contributed by atoms with Crippen LogP contribution in [-0.2, 0) is 9.59 Å². The standard InChI is InChI=1S/C22H35N5O4/c1-3-13(2)16(27-21(29)19(23)14-7-5-4-6-8-14)9-10-18(28)26-17-12-25-11-15(20(17)24)22(30)31/h11-14,16,19H,3-10,23H2,1-2H3,(H2,24,25)(H,26,28)(H,27,29)(H,30,31)/t13?,16-,19+/m1/s1. The van der Waals surface area contributed by atoms with Crippen LogP contribution in [0.5, 0.6) is 0 Å². The number of nitrogens with zero attached hydrogens (tertiary/aromatic N) is 1. The lowest BCUT2D eigenvalue weighted by Gasteiger charge is -2.30. The van der Waals surface area contributed by atoms with Crippen LogP contribution in [0.25, 0.3) is 0 Å². The van der Waals surface area contributed by atoms with Crippen molar-refractivity contribution < 1.29 is 19.5 Å². The second-order valence-corrected chi connectivity index (χ2v) is 8.46. The largest absolute Gasteiger partial charge is 0.478 e. The minimum atomic E-state index is -1.21. The molecular formula is C22H35N5O4. The Labute approximate surface area is 183 Å². The fourth-order valence-electron chi connectivity index (χ4n) is 4.01. The van der Waals surface area contributed by atoms with Crippen molar-refractivity contribution in [1.29, 1.82) is 0 Å². The SMILES string of the molecule is CCC(C)[C@@H](CCC(=O)Nc1cncc(C(=O)O)c1N)NC(=O)[C@@H](N)C1CCCCC1. The highest BCUT2D eigenvalue weighted by atomic mass is 16.4. The zero-order chi connectivity index (χ0) is 23.0. The molecule has 1 aliphatic rings. The van der Waals surface area contributed by atoms with Gasteiger partial charge in [0, 0.05) is 18.7 Å². The number of anilines is 2. The van der Waals surface area contributed by atoms with Gasteiger partial charge in [0.1, 0.15) is 5.56 Å². The summed E-state index contributed by atoms with van der Waals surface area (Å²) in [5, 5.41) is 14.8. The molecule has 172 valence electrons. The number of pyridine rings is 1. The van der Waals surface area contributed by atoms with E-state index in [1.54, 1.807) is 0 Å². The Morgan fingerprint density at radius 1 is 1.23 bits per heavy atom. The maximum atomic E-state index is 12.7. The number of aromatic carboxylic acids is 1. The number of aromatic nitrogens is 1. The van der Waals surface area contributed by atoms with Gasteiger partial charge in [-0.05, 0) is 31.1 Å². The molecule has 1 aromatic rings. The van der Waals surface area contributed by atoms with Crippen molar-refractivity contribution in [2.24, 2.45) is 17.6 Å². The maximum Gasteiger partial charge on any atom is 0.339 e. The molecule has 0 spiro atoms. The molecule has 1 aromatic heterocycles. The molecule has 1 fully saturated rings. The number of carboxylic acid groups (broad SMARTS) is 1. The van der Waals surface area contributed by atoms with E-state index in [9.17, 15) is 14.4 Å². The predicted octanol–water partition coefficient (Wildman–Crippen LogP) is 2.52. The second kappa shape index (κ2) is 11.6. The van der Waals surface area contributed by atoms with Gasteiger partial charge in [0.05, 0.1) is 23.6 Å². The van der Waals surface area contributed by atoms with Crippen molar-refractivity contribution in [3.63, 3.8) is 0 Å². The van der Waals surface area contributed by atoms with Crippen LogP contribution in [-0.4, -0.2) is 40.0 Å².